The number of nitrogens with zero attached hydrogens (tertiary/aromatic N) is 2. The minimum atomic E-state index is -0.795. The van der Waals surface area contributed by atoms with Crippen LogP contribution in [0.3, 0.4) is 0 Å². The van der Waals surface area contributed by atoms with Crippen molar-refractivity contribution in [1.29, 1.82) is 0 Å². The van der Waals surface area contributed by atoms with Crippen LogP contribution in [0.25, 0.3) is 0 Å². The maximum Gasteiger partial charge on any atom is 0.373 e. The number of piperazine rings is 1. The van der Waals surface area contributed by atoms with Gasteiger partial charge in [-0.15, -0.1) is 0 Å². The van der Waals surface area contributed by atoms with Gasteiger partial charge in [0.1, 0.15) is 6.04 Å². The average Bonchev–Trinajstić information content (AvgIpc) is 3.05. The first-order valence-electron chi connectivity index (χ1n) is 9.00. The van der Waals surface area contributed by atoms with Gasteiger partial charge in [-0.1, -0.05) is 18.2 Å². The molecule has 0 aromatic heterocycles. The van der Waals surface area contributed by atoms with Crippen LogP contribution in [0.2, 0.25) is 6.82 Å². The molecule has 26 heavy (non-hydrogen) atoms. The van der Waals surface area contributed by atoms with Gasteiger partial charge in [0.15, 0.2) is 5.78 Å². The summed E-state index contributed by atoms with van der Waals surface area (Å²) in [6.07, 6.45) is 1.35. The Hall–Kier alpha value is -2.19. The molecule has 2 aliphatic rings. The van der Waals surface area contributed by atoms with Gasteiger partial charge >= 0.3 is 7.05 Å². The van der Waals surface area contributed by atoms with Crippen molar-refractivity contribution in [2.45, 2.75) is 44.7 Å². The topological polar surface area (TPSA) is 89.9 Å². The molecule has 7 nitrogen and oxygen atoms in total. The summed E-state index contributed by atoms with van der Waals surface area (Å²) in [4.78, 5) is 41.3. The zero-order chi connectivity index (χ0) is 18.8. The van der Waals surface area contributed by atoms with Crippen LogP contribution in [0.5, 0.6) is 0 Å². The molecule has 0 bridgehead atoms. The standard InChI is InChI=1S/C18H24BN3O4/c1-12(23)15-9-8-14-11-21(17(24)13-6-4-3-5-7-13)16(10-20-19(2)26)18(25)22(14)15/h3-7,14-16,20,26H,8-11H2,1-2H3. The van der Waals surface area contributed by atoms with Gasteiger partial charge in [0.25, 0.3) is 5.91 Å². The van der Waals surface area contributed by atoms with E-state index in [2.05, 4.69) is 5.23 Å². The predicted octanol–water partition coefficient (Wildman–Crippen LogP) is 0.160. The summed E-state index contributed by atoms with van der Waals surface area (Å²) in [7, 11) is -0.795. The highest BCUT2D eigenvalue weighted by Gasteiger charge is 2.49. The van der Waals surface area contributed by atoms with E-state index < -0.39 is 19.1 Å². The molecule has 3 rings (SSSR count). The molecule has 2 amide bonds. The second-order valence-corrected chi connectivity index (χ2v) is 7.03. The molecule has 0 saturated carbocycles. The van der Waals surface area contributed by atoms with Gasteiger partial charge in [-0.2, -0.15) is 0 Å². The first-order chi connectivity index (χ1) is 12.4. The molecule has 0 spiro atoms. The Labute approximate surface area is 153 Å². The van der Waals surface area contributed by atoms with E-state index in [9.17, 15) is 19.4 Å². The number of amides is 2. The van der Waals surface area contributed by atoms with Crippen LogP contribution in [0.15, 0.2) is 30.3 Å². The third-order valence-corrected chi connectivity index (χ3v) is 5.18. The Morgan fingerprint density at radius 2 is 1.96 bits per heavy atom. The first kappa shape index (κ1) is 18.6. The molecule has 1 aromatic carbocycles. The van der Waals surface area contributed by atoms with Crippen LogP contribution in [0.4, 0.5) is 0 Å². The van der Waals surface area contributed by atoms with Crippen LogP contribution in [-0.2, 0) is 9.59 Å². The van der Waals surface area contributed by atoms with E-state index in [-0.39, 0.29) is 30.2 Å². The summed E-state index contributed by atoms with van der Waals surface area (Å²) in [6.45, 7) is 3.61. The Morgan fingerprint density at radius 1 is 1.27 bits per heavy atom. The van der Waals surface area contributed by atoms with E-state index in [1.165, 1.54) is 6.92 Å². The van der Waals surface area contributed by atoms with Gasteiger partial charge in [0.2, 0.25) is 5.91 Å². The van der Waals surface area contributed by atoms with Crippen LogP contribution < -0.4 is 5.23 Å². The van der Waals surface area contributed by atoms with Crippen molar-refractivity contribution < 1.29 is 19.4 Å². The minimum Gasteiger partial charge on any atom is -0.437 e. The van der Waals surface area contributed by atoms with Gasteiger partial charge in [0.05, 0.1) is 12.1 Å². The minimum absolute atomic E-state index is 0.0223. The lowest BCUT2D eigenvalue weighted by atomic mass is 9.88. The first-order valence-corrected chi connectivity index (χ1v) is 9.00. The van der Waals surface area contributed by atoms with Crippen molar-refractivity contribution in [3.05, 3.63) is 35.9 Å². The molecule has 138 valence electrons. The largest absolute Gasteiger partial charge is 0.437 e. The number of carbonyl (C=O) groups is 3. The number of benzene rings is 1. The van der Waals surface area contributed by atoms with Crippen molar-refractivity contribution >= 4 is 24.6 Å². The number of carbonyl (C=O) groups excluding carboxylic acids is 3. The molecule has 2 saturated heterocycles. The summed E-state index contributed by atoms with van der Waals surface area (Å²) in [5.74, 6) is -0.454. The molecular formula is C18H24BN3O4. The monoisotopic (exact) mass is 357 g/mol. The number of rotatable bonds is 5. The Kier molecular flexibility index (Phi) is 5.43. The fourth-order valence-corrected chi connectivity index (χ4v) is 3.91. The lowest BCUT2D eigenvalue weighted by Gasteiger charge is -2.44. The smallest absolute Gasteiger partial charge is 0.373 e. The van der Waals surface area contributed by atoms with E-state index in [1.54, 1.807) is 40.9 Å². The third kappa shape index (κ3) is 3.52. The molecule has 2 heterocycles. The number of Topliss-reactive ketones (excluding diaryl/α,β-unsaturated/α-hetero) is 1. The van der Waals surface area contributed by atoms with Crippen molar-refractivity contribution in [3.63, 3.8) is 0 Å². The lowest BCUT2D eigenvalue weighted by molar-refractivity contribution is -0.147. The zero-order valence-electron chi connectivity index (χ0n) is 15.1. The van der Waals surface area contributed by atoms with Crippen LogP contribution >= 0.6 is 0 Å². The summed E-state index contributed by atoms with van der Waals surface area (Å²) in [5.41, 5.74) is 0.525. The summed E-state index contributed by atoms with van der Waals surface area (Å²) in [6, 6.07) is 7.58. The molecule has 8 heteroatoms. The summed E-state index contributed by atoms with van der Waals surface area (Å²) in [5, 5.41) is 12.4. The van der Waals surface area contributed by atoms with Gasteiger partial charge in [-0.05, 0) is 38.7 Å². The highest BCUT2D eigenvalue weighted by molar-refractivity contribution is 6.45. The predicted molar refractivity (Wildman–Crippen MR) is 97.4 cm³/mol. The molecule has 0 radical (unpaired) electrons. The number of fused-ring (bicyclic) bond motifs is 1. The van der Waals surface area contributed by atoms with Gasteiger partial charge in [0, 0.05) is 18.7 Å². The van der Waals surface area contributed by atoms with Crippen molar-refractivity contribution in [3.8, 4) is 0 Å². The van der Waals surface area contributed by atoms with E-state index in [0.717, 1.165) is 0 Å². The Balaban J connectivity index is 1.89. The van der Waals surface area contributed by atoms with Gasteiger partial charge in [-0.3, -0.25) is 14.4 Å². The molecule has 2 aliphatic heterocycles. The second kappa shape index (κ2) is 7.59. The highest BCUT2D eigenvalue weighted by Crippen LogP contribution is 2.31. The normalized spacial score (nSPS) is 25.2. The maximum atomic E-state index is 13.1. The van der Waals surface area contributed by atoms with Crippen LogP contribution in [-0.4, -0.2) is 70.7 Å². The molecule has 3 atom stereocenters. The van der Waals surface area contributed by atoms with Gasteiger partial charge in [-0.25, -0.2) is 0 Å². The average molecular weight is 357 g/mol. The second-order valence-electron chi connectivity index (χ2n) is 7.03. The third-order valence-electron chi connectivity index (χ3n) is 5.18. The van der Waals surface area contributed by atoms with Crippen LogP contribution in [0.1, 0.15) is 30.1 Å². The van der Waals surface area contributed by atoms with Crippen LogP contribution in [0, 0.1) is 0 Å². The van der Waals surface area contributed by atoms with E-state index in [4.69, 9.17) is 0 Å². The van der Waals surface area contributed by atoms with E-state index >= 15 is 0 Å². The highest BCUT2D eigenvalue weighted by atomic mass is 16.2. The summed E-state index contributed by atoms with van der Waals surface area (Å²) >= 11 is 0. The Morgan fingerprint density at radius 3 is 2.58 bits per heavy atom. The zero-order valence-corrected chi connectivity index (χ0v) is 15.1. The number of hydrogen-bond donors (Lipinski definition) is 2. The molecule has 2 N–H and O–H groups in total. The number of hydrogen-bond acceptors (Lipinski definition) is 5. The maximum absolute atomic E-state index is 13.1. The van der Waals surface area contributed by atoms with Crippen molar-refractivity contribution in [2.75, 3.05) is 13.1 Å². The van der Waals surface area contributed by atoms with E-state index in [0.29, 0.717) is 24.9 Å². The molecule has 2 fully saturated rings. The molecule has 3 unspecified atom stereocenters. The van der Waals surface area contributed by atoms with Gasteiger partial charge < -0.3 is 20.1 Å². The molecular weight excluding hydrogens is 333 g/mol. The Bertz CT molecular complexity index is 697. The summed E-state index contributed by atoms with van der Waals surface area (Å²) < 4.78 is 0. The van der Waals surface area contributed by atoms with Crippen molar-refractivity contribution in [1.82, 2.24) is 15.0 Å². The number of ketones is 1. The quantitative estimate of drug-likeness (QED) is 0.733. The fraction of sp³-hybridized carbons (Fsp3) is 0.500. The van der Waals surface area contributed by atoms with E-state index in [1.807, 2.05) is 6.07 Å². The number of nitrogens with one attached hydrogen (secondary N) is 1. The molecule has 1 aromatic rings. The SMILES string of the molecule is CB(O)NCC1C(=O)N2C(CCC2C(C)=O)CN1C(=O)c1ccccc1. The lowest BCUT2D eigenvalue weighted by Crippen LogP contribution is -2.66. The van der Waals surface area contributed by atoms with Crippen molar-refractivity contribution in [2.24, 2.45) is 0 Å². The molecule has 0 aliphatic carbocycles. The fourth-order valence-electron chi connectivity index (χ4n) is 3.91.